The zero-order valence-corrected chi connectivity index (χ0v) is 32.6. The van der Waals surface area contributed by atoms with E-state index in [-0.39, 0.29) is 45.8 Å². The number of unbranched alkanes of at least 4 members (excludes halogenated alkanes) is 6. The Balaban J connectivity index is 0. The van der Waals surface area contributed by atoms with E-state index in [1.165, 1.54) is 44.2 Å². The fourth-order valence-corrected chi connectivity index (χ4v) is 5.74. The molecule has 290 valence electrons. The quantitative estimate of drug-likeness (QED) is 0.0487. The van der Waals surface area contributed by atoms with E-state index in [9.17, 15) is 32.2 Å². The molecule has 0 aliphatic heterocycles. The van der Waals surface area contributed by atoms with E-state index in [1.54, 1.807) is 38.1 Å². The second-order valence-corrected chi connectivity index (χ2v) is 15.7. The van der Waals surface area contributed by atoms with Crippen molar-refractivity contribution in [3.05, 3.63) is 63.6 Å². The van der Waals surface area contributed by atoms with Crippen LogP contribution in [0.3, 0.4) is 0 Å². The molecule has 1 atom stereocenters. The lowest BCUT2D eigenvalue weighted by atomic mass is 10.0. The number of hydrogen-bond donors (Lipinski definition) is 7. The van der Waals surface area contributed by atoms with Crippen LogP contribution in [0.5, 0.6) is 0 Å². The number of carbonyl (C=O) groups excluding carboxylic acids is 1. The van der Waals surface area contributed by atoms with Crippen LogP contribution in [-0.2, 0) is 29.0 Å². The van der Waals surface area contributed by atoms with E-state index in [0.29, 0.717) is 11.4 Å². The molecule has 0 spiro atoms. The number of benzene rings is 2. The summed E-state index contributed by atoms with van der Waals surface area (Å²) in [4.78, 5) is 58.8. The highest BCUT2D eigenvalue weighted by atomic mass is 35.5. The standard InChI is InChI=1S/C13H16ClNO3.C10H20O2.C7H6ClNO4S.C2H6ClO3P/c1-8(2)13(18)15-11(7-12(16)17)9-3-5-10(14)6-4-9;1-2-3-4-5-6-7-8-9-10(11)12;8-5-2-1-4(7(10)11)3-6(5)14(9,12)13;3-1-2-7(4,5)6/h3-6,8,11H,7H2,1-2H3,(H,15,18)(H,16,17);2-9H2,1H3,(H,11,12);1-3H,(H,10,11)(H2,9,12,13);1-2H2,(H2,4,5,6). The molecule has 19 heteroatoms. The third-order valence-electron chi connectivity index (χ3n) is 6.35. The number of amides is 1. The van der Waals surface area contributed by atoms with Gasteiger partial charge in [0.2, 0.25) is 15.9 Å². The maximum Gasteiger partial charge on any atom is 0.335 e. The van der Waals surface area contributed by atoms with Crippen molar-refractivity contribution in [3.8, 4) is 0 Å². The first kappa shape index (κ1) is 50.4. The monoisotopic (exact) mass is 820 g/mol. The van der Waals surface area contributed by atoms with Crippen molar-refractivity contribution in [3.63, 3.8) is 0 Å². The lowest BCUT2D eigenvalue weighted by Gasteiger charge is -2.18. The molecule has 8 N–H and O–H groups in total. The lowest BCUT2D eigenvalue weighted by molar-refractivity contribution is -0.138. The van der Waals surface area contributed by atoms with Crippen LogP contribution < -0.4 is 10.5 Å². The number of aliphatic carboxylic acids is 2. The number of rotatable bonds is 17. The molecule has 0 saturated heterocycles. The molecular weight excluding hydrogens is 774 g/mol. The van der Waals surface area contributed by atoms with Crippen LogP contribution in [0.25, 0.3) is 0 Å². The van der Waals surface area contributed by atoms with E-state index >= 15 is 0 Å². The predicted octanol–water partition coefficient (Wildman–Crippen LogP) is 6.93. The van der Waals surface area contributed by atoms with Crippen molar-refractivity contribution < 1.29 is 57.3 Å². The fourth-order valence-electron chi connectivity index (χ4n) is 3.66. The molecule has 51 heavy (non-hydrogen) atoms. The van der Waals surface area contributed by atoms with Crippen LogP contribution >= 0.6 is 42.4 Å². The first-order valence-electron chi connectivity index (χ1n) is 15.7. The molecule has 0 heterocycles. The maximum atomic E-state index is 11.6. The smallest absolute Gasteiger partial charge is 0.335 e. The average molecular weight is 822 g/mol. The Bertz CT molecular complexity index is 1520. The maximum absolute atomic E-state index is 11.6. The van der Waals surface area contributed by atoms with Crippen LogP contribution in [0, 0.1) is 5.92 Å². The Kier molecular flexibility index (Phi) is 26.6. The number of aromatic carboxylic acids is 1. The first-order valence-corrected chi connectivity index (χ1v) is 20.3. The van der Waals surface area contributed by atoms with Crippen molar-refractivity contribution in [2.75, 3.05) is 12.0 Å². The Hall–Kier alpha value is -2.75. The van der Waals surface area contributed by atoms with Gasteiger partial charge in [0.1, 0.15) is 4.90 Å². The Morgan fingerprint density at radius 1 is 0.863 bits per heavy atom. The number of carboxylic acids is 3. The van der Waals surface area contributed by atoms with Crippen molar-refractivity contribution in [1.82, 2.24) is 5.32 Å². The highest BCUT2D eigenvalue weighted by Gasteiger charge is 2.19. The van der Waals surface area contributed by atoms with Crippen LogP contribution in [0.1, 0.15) is 101 Å². The van der Waals surface area contributed by atoms with Crippen LogP contribution in [0.2, 0.25) is 10.0 Å². The van der Waals surface area contributed by atoms with Gasteiger partial charge in [0.05, 0.1) is 29.2 Å². The SMILES string of the molecule is CC(C)C(=O)NC(CC(=O)O)c1ccc(Cl)cc1.CCCCCCCCCC(=O)O.NS(=O)(=O)c1cc(C(=O)O)ccc1Cl.O=P(O)(O)CCCl. The molecule has 14 nitrogen and oxygen atoms in total. The van der Waals surface area contributed by atoms with Crippen LogP contribution in [0.4, 0.5) is 0 Å². The van der Waals surface area contributed by atoms with E-state index < -0.39 is 41.6 Å². The summed E-state index contributed by atoms with van der Waals surface area (Å²) in [6, 6.07) is 9.53. The summed E-state index contributed by atoms with van der Waals surface area (Å²) in [6.07, 6.45) is 8.26. The van der Waals surface area contributed by atoms with Crippen LogP contribution in [-0.4, -0.2) is 69.4 Å². The molecule has 1 unspecified atom stereocenters. The molecule has 0 aromatic heterocycles. The Labute approximate surface area is 313 Å². The van der Waals surface area contributed by atoms with Gasteiger partial charge in [-0.05, 0) is 42.3 Å². The minimum Gasteiger partial charge on any atom is -0.481 e. The van der Waals surface area contributed by atoms with Crippen molar-refractivity contribution in [1.29, 1.82) is 0 Å². The second kappa shape index (κ2) is 26.9. The molecule has 0 aliphatic rings. The number of nitrogens with two attached hydrogens (primary N) is 1. The summed E-state index contributed by atoms with van der Waals surface area (Å²) in [6.45, 7) is 5.72. The van der Waals surface area contributed by atoms with Gasteiger partial charge in [0.25, 0.3) is 0 Å². The van der Waals surface area contributed by atoms with Crippen LogP contribution in [0.15, 0.2) is 47.4 Å². The van der Waals surface area contributed by atoms with Crippen molar-refractivity contribution in [2.45, 2.75) is 89.5 Å². The third-order valence-corrected chi connectivity index (χ3v) is 9.25. The number of alkyl halides is 1. The number of hydrogen-bond acceptors (Lipinski definition) is 7. The van der Waals surface area contributed by atoms with E-state index in [2.05, 4.69) is 12.2 Å². The fraction of sp³-hybridized carbons (Fsp3) is 0.500. The summed E-state index contributed by atoms with van der Waals surface area (Å²) >= 11 is 16.3. The van der Waals surface area contributed by atoms with Crippen molar-refractivity contribution in [2.24, 2.45) is 11.1 Å². The highest BCUT2D eigenvalue weighted by molar-refractivity contribution is 7.89. The van der Waals surface area contributed by atoms with E-state index in [0.717, 1.165) is 24.5 Å². The molecule has 0 bridgehead atoms. The number of carbonyl (C=O) groups is 4. The van der Waals surface area contributed by atoms with Gasteiger partial charge in [0.15, 0.2) is 0 Å². The number of carboxylic acid groups (broad SMARTS) is 3. The minimum atomic E-state index is -3.98. The molecule has 2 rings (SSSR count). The highest BCUT2D eigenvalue weighted by Crippen LogP contribution is 2.33. The lowest BCUT2D eigenvalue weighted by Crippen LogP contribution is -2.33. The molecular formula is C32H48Cl3N2O12PS. The summed E-state index contributed by atoms with van der Waals surface area (Å²) in [5.74, 6) is -3.21. The number of halogens is 3. The largest absolute Gasteiger partial charge is 0.481 e. The zero-order chi connectivity index (χ0) is 39.8. The zero-order valence-electron chi connectivity index (χ0n) is 28.6. The number of nitrogens with one attached hydrogen (secondary N) is 1. The van der Waals surface area contributed by atoms with Gasteiger partial charge >= 0.3 is 25.5 Å². The van der Waals surface area contributed by atoms with Gasteiger partial charge in [-0.3, -0.25) is 18.9 Å². The topological polar surface area (TPSA) is 259 Å². The normalized spacial score (nSPS) is 11.4. The summed E-state index contributed by atoms with van der Waals surface area (Å²) < 4.78 is 31.7. The number of primary sulfonamides is 1. The molecule has 0 radical (unpaired) electrons. The first-order chi connectivity index (χ1) is 23.5. The minimum absolute atomic E-state index is 0.0181. The molecule has 0 saturated carbocycles. The van der Waals surface area contributed by atoms with Crippen molar-refractivity contribution >= 4 is 76.2 Å². The van der Waals surface area contributed by atoms with E-state index in [1.807, 2.05) is 0 Å². The van der Waals surface area contributed by atoms with Gasteiger partial charge < -0.3 is 30.4 Å². The second-order valence-electron chi connectivity index (χ2n) is 11.2. The van der Waals surface area contributed by atoms with Gasteiger partial charge in [-0.2, -0.15) is 0 Å². The Morgan fingerprint density at radius 3 is 1.78 bits per heavy atom. The summed E-state index contributed by atoms with van der Waals surface area (Å²) in [5.41, 5.74) is 0.550. The summed E-state index contributed by atoms with van der Waals surface area (Å²) in [5, 5.41) is 33.8. The van der Waals surface area contributed by atoms with Gasteiger partial charge in [-0.1, -0.05) is 94.6 Å². The third kappa shape index (κ3) is 27.6. The molecule has 2 aromatic carbocycles. The summed E-state index contributed by atoms with van der Waals surface area (Å²) in [7, 11) is -7.78. The average Bonchev–Trinajstić information content (AvgIpc) is 3.00. The van der Waals surface area contributed by atoms with Gasteiger partial charge in [0, 0.05) is 23.2 Å². The Morgan fingerprint density at radius 2 is 1.39 bits per heavy atom. The molecule has 1 amide bonds. The van der Waals surface area contributed by atoms with Gasteiger partial charge in [-0.25, -0.2) is 18.4 Å². The molecule has 2 aromatic rings. The predicted molar refractivity (Wildman–Crippen MR) is 197 cm³/mol. The molecule has 0 aliphatic carbocycles. The molecule has 0 fully saturated rings. The number of sulfonamides is 1. The van der Waals surface area contributed by atoms with Gasteiger partial charge in [-0.15, -0.1) is 11.6 Å². The van der Waals surface area contributed by atoms with E-state index in [4.69, 9.17) is 65.0 Å².